The Morgan fingerprint density at radius 3 is 2.73 bits per heavy atom. The minimum absolute atomic E-state index is 0.179. The Hall–Kier alpha value is -2.28. The maximum absolute atomic E-state index is 11.3. The summed E-state index contributed by atoms with van der Waals surface area (Å²) in [4.78, 5) is 25.6. The van der Waals surface area contributed by atoms with E-state index in [0.29, 0.717) is 11.7 Å². The Bertz CT molecular complexity index is 889. The number of aromatic nitrogens is 3. The molecule has 3 aromatic rings. The van der Waals surface area contributed by atoms with Crippen molar-refractivity contribution in [3.63, 3.8) is 0 Å². The number of thiophene rings is 1. The van der Waals surface area contributed by atoms with E-state index in [1.54, 1.807) is 6.92 Å². The molecule has 0 N–H and O–H groups in total. The van der Waals surface area contributed by atoms with Crippen molar-refractivity contribution in [2.45, 2.75) is 20.8 Å². The van der Waals surface area contributed by atoms with Crippen molar-refractivity contribution in [1.29, 1.82) is 0 Å². The summed E-state index contributed by atoms with van der Waals surface area (Å²) in [6.45, 7) is 5.62. The van der Waals surface area contributed by atoms with Gasteiger partial charge in [-0.2, -0.15) is 4.98 Å². The number of fused-ring (bicyclic) bond motifs is 3. The van der Waals surface area contributed by atoms with Gasteiger partial charge in [-0.15, -0.1) is 11.3 Å². The summed E-state index contributed by atoms with van der Waals surface area (Å²) < 4.78 is 10.9. The van der Waals surface area contributed by atoms with E-state index in [4.69, 9.17) is 4.74 Å². The molecule has 22 heavy (non-hydrogen) atoms. The highest BCUT2D eigenvalue weighted by molar-refractivity contribution is 7.25. The van der Waals surface area contributed by atoms with Gasteiger partial charge >= 0.3 is 5.97 Å². The van der Waals surface area contributed by atoms with Gasteiger partial charge in [0.15, 0.2) is 6.61 Å². The van der Waals surface area contributed by atoms with Gasteiger partial charge in [0.1, 0.15) is 15.4 Å². The molecule has 114 valence electrons. The summed E-state index contributed by atoms with van der Waals surface area (Å²) >= 11 is 1.47. The highest BCUT2D eigenvalue weighted by Gasteiger charge is 2.17. The number of hydrogen-bond donors (Lipinski definition) is 0. The number of pyridine rings is 1. The number of nitrogens with zero attached hydrogens (tertiary/aromatic N) is 3. The smallest absolute Gasteiger partial charge is 0.343 e. The molecule has 3 aromatic heterocycles. The molecule has 0 saturated carbocycles. The van der Waals surface area contributed by atoms with Crippen LogP contribution in [0, 0.1) is 20.8 Å². The van der Waals surface area contributed by atoms with E-state index in [1.807, 2.05) is 19.9 Å². The summed E-state index contributed by atoms with van der Waals surface area (Å²) in [5.74, 6) is 0.538. The van der Waals surface area contributed by atoms with E-state index < -0.39 is 5.97 Å². The lowest BCUT2D eigenvalue weighted by atomic mass is 10.1. The van der Waals surface area contributed by atoms with Gasteiger partial charge in [0.25, 0.3) is 0 Å². The van der Waals surface area contributed by atoms with E-state index in [-0.39, 0.29) is 6.61 Å². The second-order valence-corrected chi connectivity index (χ2v) is 5.98. The van der Waals surface area contributed by atoms with Crippen LogP contribution in [0.15, 0.2) is 6.07 Å². The topological polar surface area (TPSA) is 74.2 Å². The zero-order chi connectivity index (χ0) is 15.9. The standard InChI is InChI=1S/C15H15N3O3S/c1-7-5-8(2)16-15-11(7)12-13(22-15)14(18-9(3)17-12)21-6-10(19)20-4/h5H,6H2,1-4H3. The molecule has 0 fully saturated rings. The van der Waals surface area contributed by atoms with E-state index in [0.717, 1.165) is 31.7 Å². The number of rotatable bonds is 3. The van der Waals surface area contributed by atoms with Crippen molar-refractivity contribution in [2.75, 3.05) is 13.7 Å². The Kier molecular flexibility index (Phi) is 3.66. The molecule has 0 atom stereocenters. The first-order valence-electron chi connectivity index (χ1n) is 6.74. The van der Waals surface area contributed by atoms with Crippen LogP contribution in [0.5, 0.6) is 5.88 Å². The van der Waals surface area contributed by atoms with Crippen LogP contribution in [-0.4, -0.2) is 34.6 Å². The fourth-order valence-electron chi connectivity index (χ4n) is 2.34. The summed E-state index contributed by atoms with van der Waals surface area (Å²) in [5, 5.41) is 1.01. The summed E-state index contributed by atoms with van der Waals surface area (Å²) in [7, 11) is 1.32. The van der Waals surface area contributed by atoms with Crippen LogP contribution in [0.4, 0.5) is 0 Å². The third kappa shape index (κ3) is 2.48. The predicted octanol–water partition coefficient (Wildman–Crippen LogP) is 2.72. The lowest BCUT2D eigenvalue weighted by molar-refractivity contribution is -0.142. The SMILES string of the molecule is COC(=O)COc1nc(C)nc2c1sc1nc(C)cc(C)c12. The zero-order valence-corrected chi connectivity index (χ0v) is 13.6. The van der Waals surface area contributed by atoms with Crippen LogP contribution in [0.1, 0.15) is 17.1 Å². The number of methoxy groups -OCH3 is 1. The summed E-state index contributed by atoms with van der Waals surface area (Å²) in [5.41, 5.74) is 2.89. The predicted molar refractivity (Wildman–Crippen MR) is 84.4 cm³/mol. The van der Waals surface area contributed by atoms with Crippen molar-refractivity contribution in [2.24, 2.45) is 0 Å². The molecule has 0 spiro atoms. The molecular formula is C15H15N3O3S. The molecule has 6 nitrogen and oxygen atoms in total. The lowest BCUT2D eigenvalue weighted by Gasteiger charge is -2.05. The van der Waals surface area contributed by atoms with Gasteiger partial charge in [0.05, 0.1) is 12.6 Å². The van der Waals surface area contributed by atoms with Crippen molar-refractivity contribution in [1.82, 2.24) is 15.0 Å². The highest BCUT2D eigenvalue weighted by Crippen LogP contribution is 2.38. The molecule has 3 heterocycles. The molecule has 0 amide bonds. The average molecular weight is 317 g/mol. The molecule has 0 bridgehead atoms. The van der Waals surface area contributed by atoms with Gasteiger partial charge in [0.2, 0.25) is 5.88 Å². The molecule has 3 rings (SSSR count). The molecule has 0 radical (unpaired) electrons. The molecule has 0 aromatic carbocycles. The Morgan fingerprint density at radius 1 is 1.23 bits per heavy atom. The molecule has 0 unspecified atom stereocenters. The first-order chi connectivity index (χ1) is 10.5. The number of carbonyl (C=O) groups is 1. The molecular weight excluding hydrogens is 302 g/mol. The number of aryl methyl sites for hydroxylation is 3. The number of hydrogen-bond acceptors (Lipinski definition) is 7. The molecule has 0 saturated heterocycles. The van der Waals surface area contributed by atoms with Gasteiger partial charge in [-0.1, -0.05) is 0 Å². The van der Waals surface area contributed by atoms with Crippen LogP contribution >= 0.6 is 11.3 Å². The number of ether oxygens (including phenoxy) is 2. The van der Waals surface area contributed by atoms with Crippen molar-refractivity contribution in [3.8, 4) is 5.88 Å². The third-order valence-corrected chi connectivity index (χ3v) is 4.31. The summed E-state index contributed by atoms with van der Waals surface area (Å²) in [6.07, 6.45) is 0. The lowest BCUT2D eigenvalue weighted by Crippen LogP contribution is -2.13. The average Bonchev–Trinajstić information content (AvgIpc) is 2.82. The first kappa shape index (κ1) is 14.6. The van der Waals surface area contributed by atoms with Crippen molar-refractivity contribution in [3.05, 3.63) is 23.1 Å². The second kappa shape index (κ2) is 5.49. The molecule has 0 aliphatic heterocycles. The van der Waals surface area contributed by atoms with Crippen molar-refractivity contribution < 1.29 is 14.3 Å². The monoisotopic (exact) mass is 317 g/mol. The fraction of sp³-hybridized carbons (Fsp3) is 0.333. The maximum Gasteiger partial charge on any atom is 0.343 e. The minimum Gasteiger partial charge on any atom is -0.466 e. The van der Waals surface area contributed by atoms with Crippen LogP contribution < -0.4 is 4.74 Å². The first-order valence-corrected chi connectivity index (χ1v) is 7.56. The zero-order valence-electron chi connectivity index (χ0n) is 12.8. The van der Waals surface area contributed by atoms with Crippen molar-refractivity contribution >= 4 is 37.7 Å². The van der Waals surface area contributed by atoms with Crippen LogP contribution in [0.2, 0.25) is 0 Å². The highest BCUT2D eigenvalue weighted by atomic mass is 32.1. The molecule has 0 aliphatic rings. The third-order valence-electron chi connectivity index (χ3n) is 3.25. The van der Waals surface area contributed by atoms with Crippen LogP contribution in [0.3, 0.4) is 0 Å². The van der Waals surface area contributed by atoms with Gasteiger partial charge in [-0.3, -0.25) is 0 Å². The van der Waals surface area contributed by atoms with Gasteiger partial charge in [-0.25, -0.2) is 14.8 Å². The maximum atomic E-state index is 11.3. The number of esters is 1. The number of carbonyl (C=O) groups excluding carboxylic acids is 1. The molecule has 7 heteroatoms. The normalized spacial score (nSPS) is 11.1. The quantitative estimate of drug-likeness (QED) is 0.692. The summed E-state index contributed by atoms with van der Waals surface area (Å²) in [6, 6.07) is 2.03. The van der Waals surface area contributed by atoms with E-state index >= 15 is 0 Å². The van der Waals surface area contributed by atoms with Gasteiger partial charge < -0.3 is 9.47 Å². The van der Waals surface area contributed by atoms with Crippen LogP contribution in [-0.2, 0) is 9.53 Å². The van der Waals surface area contributed by atoms with E-state index in [9.17, 15) is 4.79 Å². The Morgan fingerprint density at radius 2 is 2.00 bits per heavy atom. The van der Waals surface area contributed by atoms with Crippen LogP contribution in [0.25, 0.3) is 20.4 Å². The molecule has 0 aliphatic carbocycles. The second-order valence-electron chi connectivity index (χ2n) is 4.98. The Labute approximate surface area is 131 Å². The fourth-order valence-corrected chi connectivity index (χ4v) is 3.52. The Balaban J connectivity index is 2.21. The van der Waals surface area contributed by atoms with E-state index in [1.165, 1.54) is 18.4 Å². The van der Waals surface area contributed by atoms with Gasteiger partial charge in [-0.05, 0) is 32.4 Å². The largest absolute Gasteiger partial charge is 0.466 e. The van der Waals surface area contributed by atoms with E-state index in [2.05, 4.69) is 19.7 Å². The van der Waals surface area contributed by atoms with Gasteiger partial charge in [0, 0.05) is 11.1 Å². The minimum atomic E-state index is -0.448.